The van der Waals surface area contributed by atoms with Crippen LogP contribution in [0.5, 0.6) is 0 Å². The van der Waals surface area contributed by atoms with Gasteiger partial charge in [-0.25, -0.2) is 4.99 Å². The van der Waals surface area contributed by atoms with Crippen molar-refractivity contribution in [1.82, 2.24) is 4.98 Å². The van der Waals surface area contributed by atoms with Crippen molar-refractivity contribution in [3.63, 3.8) is 0 Å². The van der Waals surface area contributed by atoms with E-state index in [1.165, 1.54) is 11.1 Å². The highest BCUT2D eigenvalue weighted by Gasteiger charge is 2.48. The van der Waals surface area contributed by atoms with Crippen LogP contribution in [0.15, 0.2) is 41.7 Å². The van der Waals surface area contributed by atoms with Gasteiger partial charge in [-0.05, 0) is 29.7 Å². The monoisotopic (exact) mass is 304 g/mol. The Labute approximate surface area is 134 Å². The SMILES string of the molecule is CC1OC(N)=NC12Cc1cccc(-c3cnccc3C#N)c1C2. The molecule has 5 heteroatoms. The number of nitrogens with zero attached hydrogens (tertiary/aromatic N) is 3. The van der Waals surface area contributed by atoms with Gasteiger partial charge in [0.15, 0.2) is 0 Å². The van der Waals surface area contributed by atoms with E-state index in [4.69, 9.17) is 10.5 Å². The molecule has 114 valence electrons. The summed E-state index contributed by atoms with van der Waals surface area (Å²) in [5.74, 6) is 0. The van der Waals surface area contributed by atoms with Crippen LogP contribution >= 0.6 is 0 Å². The summed E-state index contributed by atoms with van der Waals surface area (Å²) in [6.07, 6.45) is 4.92. The van der Waals surface area contributed by atoms with Gasteiger partial charge < -0.3 is 10.5 Å². The fraction of sp³-hybridized carbons (Fsp3) is 0.278. The van der Waals surface area contributed by atoms with E-state index in [0.29, 0.717) is 5.56 Å². The van der Waals surface area contributed by atoms with Gasteiger partial charge in [-0.2, -0.15) is 5.26 Å². The van der Waals surface area contributed by atoms with Crippen molar-refractivity contribution >= 4 is 6.02 Å². The molecule has 0 saturated carbocycles. The normalized spacial score (nSPS) is 24.9. The van der Waals surface area contributed by atoms with Gasteiger partial charge in [-0.15, -0.1) is 0 Å². The average Bonchev–Trinajstić information content (AvgIpc) is 3.06. The molecule has 1 aliphatic carbocycles. The molecule has 0 bridgehead atoms. The lowest BCUT2D eigenvalue weighted by molar-refractivity contribution is 0.157. The molecule has 4 rings (SSSR count). The van der Waals surface area contributed by atoms with Crippen molar-refractivity contribution in [3.05, 3.63) is 53.3 Å². The highest BCUT2D eigenvalue weighted by Crippen LogP contribution is 2.43. The van der Waals surface area contributed by atoms with Gasteiger partial charge in [0.2, 0.25) is 0 Å². The van der Waals surface area contributed by atoms with Gasteiger partial charge in [0.25, 0.3) is 6.02 Å². The van der Waals surface area contributed by atoms with Crippen LogP contribution in [0, 0.1) is 11.3 Å². The van der Waals surface area contributed by atoms with E-state index >= 15 is 0 Å². The second-order valence-corrected chi connectivity index (χ2v) is 6.14. The van der Waals surface area contributed by atoms with Gasteiger partial charge in [-0.1, -0.05) is 18.2 Å². The van der Waals surface area contributed by atoms with E-state index in [9.17, 15) is 5.26 Å². The van der Waals surface area contributed by atoms with E-state index in [1.54, 1.807) is 18.5 Å². The van der Waals surface area contributed by atoms with Gasteiger partial charge >= 0.3 is 0 Å². The van der Waals surface area contributed by atoms with Crippen molar-refractivity contribution in [2.75, 3.05) is 0 Å². The third-order valence-electron chi connectivity index (χ3n) is 4.87. The summed E-state index contributed by atoms with van der Waals surface area (Å²) >= 11 is 0. The highest BCUT2D eigenvalue weighted by atomic mass is 16.5. The van der Waals surface area contributed by atoms with Gasteiger partial charge in [0.05, 0.1) is 11.6 Å². The third-order valence-corrected chi connectivity index (χ3v) is 4.87. The fourth-order valence-electron chi connectivity index (χ4n) is 3.66. The number of hydrogen-bond acceptors (Lipinski definition) is 5. The van der Waals surface area contributed by atoms with Gasteiger partial charge in [0, 0.05) is 30.8 Å². The quantitative estimate of drug-likeness (QED) is 0.875. The van der Waals surface area contributed by atoms with Crippen molar-refractivity contribution in [1.29, 1.82) is 5.26 Å². The molecule has 2 aliphatic rings. The molecule has 1 aliphatic heterocycles. The van der Waals surface area contributed by atoms with Crippen LogP contribution in [0.25, 0.3) is 11.1 Å². The van der Waals surface area contributed by atoms with Gasteiger partial charge in [0.1, 0.15) is 11.6 Å². The van der Waals surface area contributed by atoms with Gasteiger partial charge in [-0.3, -0.25) is 4.98 Å². The smallest absolute Gasteiger partial charge is 0.282 e. The van der Waals surface area contributed by atoms with Crippen LogP contribution in [-0.4, -0.2) is 22.6 Å². The zero-order valence-electron chi connectivity index (χ0n) is 12.8. The van der Waals surface area contributed by atoms with Crippen molar-refractivity contribution < 1.29 is 4.74 Å². The number of ether oxygens (including phenoxy) is 1. The lowest BCUT2D eigenvalue weighted by Gasteiger charge is -2.23. The molecular weight excluding hydrogens is 288 g/mol. The molecule has 1 spiro atoms. The number of benzene rings is 1. The lowest BCUT2D eigenvalue weighted by Crippen LogP contribution is -2.36. The standard InChI is InChI=1S/C18H16N4O/c1-11-18(22-17(20)23-11)7-12-3-2-4-14(15(12)8-18)16-10-21-6-5-13(16)9-19/h2-6,10-11H,7-8H2,1H3,(H2,20,22). The molecule has 2 heterocycles. The van der Waals surface area contributed by atoms with Crippen molar-refractivity contribution in [2.24, 2.45) is 10.7 Å². The van der Waals surface area contributed by atoms with Crippen LogP contribution in [0.3, 0.4) is 0 Å². The maximum atomic E-state index is 9.37. The number of nitrogens with two attached hydrogens (primary N) is 1. The molecule has 1 aromatic heterocycles. The highest BCUT2D eigenvalue weighted by molar-refractivity contribution is 5.77. The van der Waals surface area contributed by atoms with E-state index < -0.39 is 0 Å². The molecule has 0 fully saturated rings. The summed E-state index contributed by atoms with van der Waals surface area (Å²) < 4.78 is 5.58. The number of aliphatic imine (C=N–C) groups is 1. The second kappa shape index (κ2) is 4.82. The minimum Gasteiger partial charge on any atom is -0.460 e. The Morgan fingerprint density at radius 3 is 2.91 bits per heavy atom. The predicted molar refractivity (Wildman–Crippen MR) is 86.7 cm³/mol. The van der Waals surface area contributed by atoms with Crippen LogP contribution in [-0.2, 0) is 17.6 Å². The molecule has 2 unspecified atom stereocenters. The number of nitriles is 1. The Bertz CT molecular complexity index is 868. The maximum absolute atomic E-state index is 9.37. The molecule has 0 amide bonds. The summed E-state index contributed by atoms with van der Waals surface area (Å²) in [7, 11) is 0. The first-order chi connectivity index (χ1) is 11.1. The first-order valence-corrected chi connectivity index (χ1v) is 7.60. The minimum atomic E-state index is -0.322. The number of rotatable bonds is 1. The Morgan fingerprint density at radius 1 is 1.30 bits per heavy atom. The summed E-state index contributed by atoms with van der Waals surface area (Å²) in [5, 5.41) is 9.37. The molecule has 1 aromatic carbocycles. The maximum Gasteiger partial charge on any atom is 0.282 e. The summed E-state index contributed by atoms with van der Waals surface area (Å²) in [6, 6.07) is 10.5. The Kier molecular flexibility index (Phi) is 2.88. The van der Waals surface area contributed by atoms with Crippen LogP contribution in [0.4, 0.5) is 0 Å². The largest absolute Gasteiger partial charge is 0.460 e. The van der Waals surface area contributed by atoms with Crippen LogP contribution in [0.1, 0.15) is 23.6 Å². The Morgan fingerprint density at radius 2 is 2.17 bits per heavy atom. The van der Waals surface area contributed by atoms with E-state index in [-0.39, 0.29) is 17.7 Å². The topological polar surface area (TPSA) is 84.3 Å². The summed E-state index contributed by atoms with van der Waals surface area (Å²) in [6.45, 7) is 2.01. The van der Waals surface area contributed by atoms with Crippen molar-refractivity contribution in [2.45, 2.75) is 31.4 Å². The van der Waals surface area contributed by atoms with Crippen LogP contribution < -0.4 is 5.73 Å². The molecule has 2 atom stereocenters. The Balaban J connectivity index is 1.85. The second-order valence-electron chi connectivity index (χ2n) is 6.14. The number of aromatic nitrogens is 1. The summed E-state index contributed by atoms with van der Waals surface area (Å²) in [5.41, 5.74) is 10.5. The average molecular weight is 304 g/mol. The summed E-state index contributed by atoms with van der Waals surface area (Å²) in [4.78, 5) is 8.77. The fourth-order valence-corrected chi connectivity index (χ4v) is 3.66. The first kappa shape index (κ1) is 13.8. The molecule has 2 aromatic rings. The van der Waals surface area contributed by atoms with E-state index in [0.717, 1.165) is 24.0 Å². The zero-order valence-corrected chi connectivity index (χ0v) is 12.8. The molecular formula is C18H16N4O. The minimum absolute atomic E-state index is 0.0490. The molecule has 5 nitrogen and oxygen atoms in total. The zero-order chi connectivity index (χ0) is 16.0. The number of fused-ring (bicyclic) bond motifs is 1. The lowest BCUT2D eigenvalue weighted by atomic mass is 9.90. The molecule has 0 saturated heterocycles. The van der Waals surface area contributed by atoms with E-state index in [2.05, 4.69) is 22.1 Å². The number of amidine groups is 1. The predicted octanol–water partition coefficient (Wildman–Crippen LogP) is 2.19. The Hall–Kier alpha value is -2.87. The first-order valence-electron chi connectivity index (χ1n) is 7.60. The number of hydrogen-bond donors (Lipinski definition) is 1. The molecule has 23 heavy (non-hydrogen) atoms. The molecule has 0 radical (unpaired) electrons. The number of pyridine rings is 1. The molecule has 2 N–H and O–H groups in total. The third kappa shape index (κ3) is 1.99. The van der Waals surface area contributed by atoms with Crippen molar-refractivity contribution in [3.8, 4) is 17.2 Å². The van der Waals surface area contributed by atoms with Crippen LogP contribution in [0.2, 0.25) is 0 Å². The van der Waals surface area contributed by atoms with E-state index in [1.807, 2.05) is 19.1 Å².